The van der Waals surface area contributed by atoms with E-state index < -0.39 is 26.5 Å². The molecule has 8 heteroatoms. The molecule has 0 rings (SSSR count). The van der Waals surface area contributed by atoms with E-state index in [1.807, 2.05) is 0 Å². The summed E-state index contributed by atoms with van der Waals surface area (Å²) in [7, 11) is -5.00. The largest absolute Gasteiger partial charge is 2.00 e. The molecule has 0 bridgehead atoms. The number of hydrogen-bond donors (Lipinski definition) is 0. The predicted octanol–water partition coefficient (Wildman–Crippen LogP) is -1.04. The van der Waals surface area contributed by atoms with Crippen LogP contribution in [0.15, 0.2) is 12.2 Å². The number of carbonyl (C=O) groups excluding carboxylic acids is 1. The van der Waals surface area contributed by atoms with Crippen LogP contribution in [0.3, 0.4) is 0 Å². The third-order valence-electron chi connectivity index (χ3n) is 1.12. The molecule has 0 aliphatic rings. The van der Waals surface area contributed by atoms with E-state index in [1.54, 1.807) is 0 Å². The maximum Gasteiger partial charge on any atom is 2.00 e. The van der Waals surface area contributed by atoms with E-state index >= 15 is 0 Å². The first kappa shape index (κ1) is 17.5. The first-order valence-electron chi connectivity index (χ1n) is 3.75. The molecule has 6 nitrogen and oxygen atoms in total. The van der Waals surface area contributed by atoms with E-state index in [4.69, 9.17) is 0 Å². The van der Waals surface area contributed by atoms with Crippen molar-refractivity contribution in [3.05, 3.63) is 12.2 Å². The second-order valence-electron chi connectivity index (χ2n) is 2.74. The van der Waals surface area contributed by atoms with Crippen molar-refractivity contribution in [1.29, 1.82) is 0 Å². The smallest absolute Gasteiger partial charge is 0.790 e. The van der Waals surface area contributed by atoms with E-state index in [1.165, 1.54) is 13.8 Å². The summed E-state index contributed by atoms with van der Waals surface area (Å²) in [5.74, 6) is -0.660. The molecule has 82 valence electrons. The molecule has 0 aliphatic heterocycles. The zero-order valence-corrected chi connectivity index (χ0v) is 10.9. The Hall–Kier alpha value is 0.0862. The minimum atomic E-state index is -5.00. The second-order valence-corrected chi connectivity index (χ2v) is 3.89. The van der Waals surface area contributed by atoms with Gasteiger partial charge in [0, 0.05) is 5.57 Å². The molecule has 0 aromatic carbocycles. The van der Waals surface area contributed by atoms with Gasteiger partial charge in [-0.3, -0.25) is 0 Å². The normalized spacial score (nSPS) is 12.5. The fourth-order valence-corrected chi connectivity index (χ4v) is 0.906. The van der Waals surface area contributed by atoms with Gasteiger partial charge in [0.1, 0.15) is 6.10 Å². The first-order valence-corrected chi connectivity index (χ1v) is 5.21. The molecule has 0 heterocycles. The molecule has 0 aliphatic carbocycles. The minimum absolute atomic E-state index is 0. The summed E-state index contributed by atoms with van der Waals surface area (Å²) in [6, 6.07) is 0. The zero-order chi connectivity index (χ0) is 11.4. The van der Waals surface area contributed by atoms with Gasteiger partial charge in [-0.05, 0) is 13.8 Å². The monoisotopic (exact) mass is 246 g/mol. The van der Waals surface area contributed by atoms with Crippen LogP contribution in [-0.2, 0) is 18.6 Å². The average Bonchev–Trinajstić information content (AvgIpc) is 1.99. The van der Waals surface area contributed by atoms with Crippen molar-refractivity contribution in [1.82, 2.24) is 0 Å². The van der Waals surface area contributed by atoms with Gasteiger partial charge in [-0.2, -0.15) is 0 Å². The van der Waals surface area contributed by atoms with Gasteiger partial charge in [0.25, 0.3) is 0 Å². The van der Waals surface area contributed by atoms with Crippen molar-refractivity contribution >= 4 is 36.8 Å². The van der Waals surface area contributed by atoms with E-state index in [2.05, 4.69) is 15.8 Å². The Morgan fingerprint density at radius 1 is 1.53 bits per heavy atom. The molecule has 0 radical (unpaired) electrons. The van der Waals surface area contributed by atoms with Crippen molar-refractivity contribution in [2.45, 2.75) is 20.0 Å². The maximum absolute atomic E-state index is 10.9. The van der Waals surface area contributed by atoms with Crippen molar-refractivity contribution in [3.8, 4) is 0 Å². The Morgan fingerprint density at radius 3 is 2.33 bits per heavy atom. The third kappa shape index (κ3) is 10.4. The number of ether oxygens (including phenoxy) is 1. The quantitative estimate of drug-likeness (QED) is 0.266. The predicted molar refractivity (Wildman–Crippen MR) is 49.7 cm³/mol. The molecule has 0 aromatic rings. The molecule has 1 unspecified atom stereocenters. The van der Waals surface area contributed by atoms with Gasteiger partial charge in [0.05, 0.1) is 14.4 Å². The van der Waals surface area contributed by atoms with Gasteiger partial charge < -0.3 is 23.6 Å². The topological polar surface area (TPSA) is 98.7 Å². The Kier molecular flexibility index (Phi) is 8.59. The Labute approximate surface area is 104 Å². The summed E-state index contributed by atoms with van der Waals surface area (Å²) in [6.07, 6.45) is -0.810. The summed E-state index contributed by atoms with van der Waals surface area (Å²) < 4.78 is 18.6. The zero-order valence-electron chi connectivity index (χ0n) is 8.60. The number of rotatable bonds is 5. The van der Waals surface area contributed by atoms with Crippen LogP contribution in [0.2, 0.25) is 0 Å². The molecule has 15 heavy (non-hydrogen) atoms. The van der Waals surface area contributed by atoms with Gasteiger partial charge in [-0.1, -0.05) is 6.58 Å². The van der Waals surface area contributed by atoms with Gasteiger partial charge in [0.15, 0.2) is 0 Å². The van der Waals surface area contributed by atoms with Crippen molar-refractivity contribution < 1.29 is 28.4 Å². The molecule has 0 fully saturated rings. The maximum atomic E-state index is 10.9. The third-order valence-corrected chi connectivity index (χ3v) is 1.59. The van der Waals surface area contributed by atoms with Gasteiger partial charge in [-0.15, -0.1) is 0 Å². The van der Waals surface area contributed by atoms with Crippen LogP contribution in [0, 0.1) is 0 Å². The van der Waals surface area contributed by atoms with Crippen LogP contribution in [0.25, 0.3) is 0 Å². The molecular weight excluding hydrogens is 235 g/mol. The van der Waals surface area contributed by atoms with Crippen LogP contribution in [0.4, 0.5) is 0 Å². The molecular formula is C7H11MgO6P. The van der Waals surface area contributed by atoms with Crippen molar-refractivity contribution in [3.63, 3.8) is 0 Å². The molecule has 0 amide bonds. The van der Waals surface area contributed by atoms with Crippen LogP contribution in [0.1, 0.15) is 13.8 Å². The van der Waals surface area contributed by atoms with E-state index in [0.717, 1.165) is 0 Å². The second kappa shape index (κ2) is 7.37. The van der Waals surface area contributed by atoms with Crippen LogP contribution >= 0.6 is 7.82 Å². The van der Waals surface area contributed by atoms with E-state index in [-0.39, 0.29) is 28.6 Å². The van der Waals surface area contributed by atoms with Crippen molar-refractivity contribution in [2.75, 3.05) is 6.61 Å². The number of phosphoric acid groups is 1. The molecule has 1 atom stereocenters. The Bertz CT molecular complexity index is 273. The summed E-state index contributed by atoms with van der Waals surface area (Å²) in [4.78, 5) is 31.0. The Morgan fingerprint density at radius 2 is 2.00 bits per heavy atom. The first-order chi connectivity index (χ1) is 6.22. The summed E-state index contributed by atoms with van der Waals surface area (Å²) in [5.41, 5.74) is 0.185. The minimum Gasteiger partial charge on any atom is -0.790 e. The molecule has 0 spiro atoms. The summed E-state index contributed by atoms with van der Waals surface area (Å²) >= 11 is 0. The summed E-state index contributed by atoms with van der Waals surface area (Å²) in [6.45, 7) is 5.69. The van der Waals surface area contributed by atoms with Crippen LogP contribution in [-0.4, -0.2) is 41.7 Å². The van der Waals surface area contributed by atoms with Gasteiger partial charge in [0.2, 0.25) is 0 Å². The Balaban J connectivity index is 0. The van der Waals surface area contributed by atoms with E-state index in [9.17, 15) is 19.1 Å². The molecule has 0 aromatic heterocycles. The summed E-state index contributed by atoms with van der Waals surface area (Å²) in [5, 5.41) is 0. The van der Waals surface area contributed by atoms with Crippen LogP contribution < -0.4 is 9.79 Å². The van der Waals surface area contributed by atoms with Gasteiger partial charge in [-0.25, -0.2) is 4.79 Å². The molecule has 0 saturated heterocycles. The number of phosphoric ester groups is 1. The molecule has 0 saturated carbocycles. The number of carbonyl (C=O) groups is 1. The fourth-order valence-electron chi connectivity index (χ4n) is 0.514. The van der Waals surface area contributed by atoms with Crippen molar-refractivity contribution in [2.24, 2.45) is 0 Å². The van der Waals surface area contributed by atoms with E-state index in [0.29, 0.717) is 0 Å². The van der Waals surface area contributed by atoms with Gasteiger partial charge >= 0.3 is 29.0 Å². The average molecular weight is 246 g/mol. The molecule has 0 N–H and O–H groups in total. The number of hydrogen-bond acceptors (Lipinski definition) is 6. The van der Waals surface area contributed by atoms with Crippen LogP contribution in [0.5, 0.6) is 0 Å². The standard InChI is InChI=1S/C7H13O6P.Mg/c1-5(2)7(8)13-6(3)4-12-14(9,10)11;/h6H,1,4H2,2-3H3,(H2,9,10,11);/q;+2/p-2. The number of esters is 1. The SMILES string of the molecule is C=C(C)C(=O)OC(C)COP(=O)([O-])[O-].[Mg+2]. The fraction of sp³-hybridized carbons (Fsp3) is 0.571.